The molecule has 0 radical (unpaired) electrons. The van der Waals surface area contributed by atoms with Crippen molar-refractivity contribution in [3.63, 3.8) is 0 Å². The van der Waals surface area contributed by atoms with E-state index in [0.717, 1.165) is 62.4 Å². The summed E-state index contributed by atoms with van der Waals surface area (Å²) in [7, 11) is 3.92. The molecule has 0 aromatic heterocycles. The molecule has 160 valence electrons. The number of halogens is 2. The quantitative estimate of drug-likeness (QED) is 0.312. The van der Waals surface area contributed by atoms with Gasteiger partial charge in [-0.15, -0.1) is 24.0 Å². The molecule has 0 bridgehead atoms. The summed E-state index contributed by atoms with van der Waals surface area (Å²) in [5, 5.41) is 7.66. The van der Waals surface area contributed by atoms with E-state index < -0.39 is 0 Å². The second-order valence-corrected chi connectivity index (χ2v) is 7.25. The van der Waals surface area contributed by atoms with Gasteiger partial charge in [0.25, 0.3) is 0 Å². The summed E-state index contributed by atoms with van der Waals surface area (Å²) in [6, 6.07) is 8.26. The SMILES string of the molecule is CCN(CC)C(CNC(=NC)NCC1CN(C)CCO1)c1ccccc1Cl.I. The van der Waals surface area contributed by atoms with Gasteiger partial charge in [0.15, 0.2) is 5.96 Å². The highest BCUT2D eigenvalue weighted by Crippen LogP contribution is 2.26. The Morgan fingerprint density at radius 3 is 2.64 bits per heavy atom. The highest BCUT2D eigenvalue weighted by Gasteiger charge is 2.21. The molecule has 6 nitrogen and oxygen atoms in total. The van der Waals surface area contributed by atoms with Crippen LogP contribution < -0.4 is 10.6 Å². The van der Waals surface area contributed by atoms with Crippen LogP contribution in [0.3, 0.4) is 0 Å². The summed E-state index contributed by atoms with van der Waals surface area (Å²) >= 11 is 6.48. The van der Waals surface area contributed by atoms with Gasteiger partial charge in [-0.25, -0.2) is 0 Å². The summed E-state index contributed by atoms with van der Waals surface area (Å²) < 4.78 is 5.81. The van der Waals surface area contributed by atoms with E-state index in [4.69, 9.17) is 16.3 Å². The van der Waals surface area contributed by atoms with Gasteiger partial charge < -0.3 is 20.3 Å². The smallest absolute Gasteiger partial charge is 0.191 e. The minimum absolute atomic E-state index is 0. The van der Waals surface area contributed by atoms with Crippen molar-refractivity contribution in [2.75, 3.05) is 60.0 Å². The number of hydrogen-bond acceptors (Lipinski definition) is 4. The molecule has 0 saturated carbocycles. The van der Waals surface area contributed by atoms with Crippen LogP contribution in [0.4, 0.5) is 0 Å². The van der Waals surface area contributed by atoms with E-state index in [0.29, 0.717) is 0 Å². The maximum atomic E-state index is 6.48. The molecule has 1 saturated heterocycles. The first-order chi connectivity index (χ1) is 13.1. The zero-order chi connectivity index (χ0) is 19.6. The number of morpholine rings is 1. The van der Waals surface area contributed by atoms with Gasteiger partial charge in [0, 0.05) is 38.2 Å². The number of benzene rings is 1. The van der Waals surface area contributed by atoms with E-state index in [1.54, 1.807) is 7.05 Å². The number of guanidine groups is 1. The number of likely N-dealkylation sites (N-methyl/N-ethyl adjacent to an activating group) is 2. The topological polar surface area (TPSA) is 52.1 Å². The Kier molecular flexibility index (Phi) is 12.3. The summed E-state index contributed by atoms with van der Waals surface area (Å²) in [4.78, 5) is 9.06. The monoisotopic (exact) mass is 523 g/mol. The third-order valence-corrected chi connectivity index (χ3v) is 5.39. The highest BCUT2D eigenvalue weighted by atomic mass is 127. The molecule has 2 rings (SSSR count). The number of ether oxygens (including phenoxy) is 1. The van der Waals surface area contributed by atoms with Gasteiger partial charge in [-0.2, -0.15) is 0 Å². The van der Waals surface area contributed by atoms with Crippen LogP contribution in [0.25, 0.3) is 0 Å². The second-order valence-electron chi connectivity index (χ2n) is 6.85. The Labute approximate surface area is 192 Å². The molecule has 1 aromatic rings. The average Bonchev–Trinajstić information content (AvgIpc) is 2.68. The van der Waals surface area contributed by atoms with Crippen molar-refractivity contribution < 1.29 is 4.74 Å². The Morgan fingerprint density at radius 1 is 1.32 bits per heavy atom. The van der Waals surface area contributed by atoms with Crippen LogP contribution in [0.2, 0.25) is 5.02 Å². The number of nitrogens with one attached hydrogen (secondary N) is 2. The van der Waals surface area contributed by atoms with E-state index in [1.807, 2.05) is 18.2 Å². The fourth-order valence-corrected chi connectivity index (χ4v) is 3.72. The Balaban J connectivity index is 0.00000392. The molecule has 2 N–H and O–H groups in total. The van der Waals surface area contributed by atoms with Crippen molar-refractivity contribution >= 4 is 41.5 Å². The molecule has 2 unspecified atom stereocenters. The highest BCUT2D eigenvalue weighted by molar-refractivity contribution is 14.0. The standard InChI is InChI=1S/C20H34ClN5O.HI/c1-5-26(6-2)19(17-9-7-8-10-18(17)21)14-24-20(22-3)23-13-16-15-25(4)11-12-27-16;/h7-10,16,19H,5-6,11-15H2,1-4H3,(H2,22,23,24);1H. The van der Waals surface area contributed by atoms with Crippen molar-refractivity contribution in [2.24, 2.45) is 4.99 Å². The van der Waals surface area contributed by atoms with E-state index in [9.17, 15) is 0 Å². The van der Waals surface area contributed by atoms with Crippen LogP contribution in [0.1, 0.15) is 25.5 Å². The molecule has 1 aliphatic rings. The molecule has 1 aromatic carbocycles. The van der Waals surface area contributed by atoms with E-state index in [-0.39, 0.29) is 36.1 Å². The summed E-state index contributed by atoms with van der Waals surface area (Å²) in [5.41, 5.74) is 1.14. The third kappa shape index (κ3) is 7.67. The van der Waals surface area contributed by atoms with Crippen molar-refractivity contribution in [1.82, 2.24) is 20.4 Å². The molecule has 1 aliphatic heterocycles. The maximum Gasteiger partial charge on any atom is 0.191 e. The van der Waals surface area contributed by atoms with Crippen LogP contribution >= 0.6 is 35.6 Å². The lowest BCUT2D eigenvalue weighted by molar-refractivity contribution is -0.0161. The number of rotatable bonds is 8. The first kappa shape index (κ1) is 25.4. The minimum Gasteiger partial charge on any atom is -0.374 e. The first-order valence-electron chi connectivity index (χ1n) is 9.82. The van der Waals surface area contributed by atoms with Crippen molar-refractivity contribution in [2.45, 2.75) is 26.0 Å². The molecule has 1 fully saturated rings. The first-order valence-corrected chi connectivity index (χ1v) is 10.2. The van der Waals surface area contributed by atoms with Crippen LogP contribution in [0.15, 0.2) is 29.3 Å². The minimum atomic E-state index is 0. The van der Waals surface area contributed by atoms with Crippen LogP contribution in [0.5, 0.6) is 0 Å². The van der Waals surface area contributed by atoms with Crippen LogP contribution in [-0.2, 0) is 4.74 Å². The van der Waals surface area contributed by atoms with Crippen molar-refractivity contribution in [3.05, 3.63) is 34.9 Å². The fraction of sp³-hybridized carbons (Fsp3) is 0.650. The van der Waals surface area contributed by atoms with Crippen molar-refractivity contribution in [1.29, 1.82) is 0 Å². The molecule has 0 amide bonds. The number of nitrogens with zero attached hydrogens (tertiary/aromatic N) is 3. The van der Waals surface area contributed by atoms with Gasteiger partial charge in [-0.3, -0.25) is 9.89 Å². The third-order valence-electron chi connectivity index (χ3n) is 5.04. The van der Waals surface area contributed by atoms with E-state index >= 15 is 0 Å². The van der Waals surface area contributed by atoms with E-state index in [1.165, 1.54) is 0 Å². The normalized spacial score (nSPS) is 19.2. The maximum absolute atomic E-state index is 6.48. The predicted octanol–water partition coefficient (Wildman–Crippen LogP) is 2.84. The lowest BCUT2D eigenvalue weighted by Gasteiger charge is -2.32. The van der Waals surface area contributed by atoms with Gasteiger partial charge in [0.2, 0.25) is 0 Å². The van der Waals surface area contributed by atoms with Gasteiger partial charge in [-0.05, 0) is 31.8 Å². The molecular weight excluding hydrogens is 489 g/mol. The molecule has 0 aliphatic carbocycles. The molecule has 8 heteroatoms. The molecular formula is C20H35ClIN5O. The molecule has 1 heterocycles. The lowest BCUT2D eigenvalue weighted by Crippen LogP contribution is -2.49. The average molecular weight is 524 g/mol. The largest absolute Gasteiger partial charge is 0.374 e. The fourth-order valence-electron chi connectivity index (χ4n) is 3.46. The van der Waals surface area contributed by atoms with Crippen molar-refractivity contribution in [3.8, 4) is 0 Å². The van der Waals surface area contributed by atoms with Gasteiger partial charge in [-0.1, -0.05) is 43.6 Å². The van der Waals surface area contributed by atoms with Gasteiger partial charge in [0.05, 0.1) is 18.8 Å². The lowest BCUT2D eigenvalue weighted by atomic mass is 10.0. The van der Waals surface area contributed by atoms with Gasteiger partial charge in [0.1, 0.15) is 0 Å². The second kappa shape index (κ2) is 13.6. The van der Waals surface area contributed by atoms with Gasteiger partial charge >= 0.3 is 0 Å². The Hall–Kier alpha value is -0.610. The zero-order valence-electron chi connectivity index (χ0n) is 17.4. The Morgan fingerprint density at radius 2 is 2.04 bits per heavy atom. The van der Waals surface area contributed by atoms with Crippen LogP contribution in [-0.4, -0.2) is 81.8 Å². The molecule has 28 heavy (non-hydrogen) atoms. The zero-order valence-corrected chi connectivity index (χ0v) is 20.5. The van der Waals surface area contributed by atoms with Crippen LogP contribution in [0, 0.1) is 0 Å². The number of aliphatic imine (C=N–C) groups is 1. The summed E-state index contributed by atoms with van der Waals surface area (Å²) in [6.45, 7) is 10.5. The van der Waals surface area contributed by atoms with E-state index in [2.05, 4.69) is 52.4 Å². The predicted molar refractivity (Wildman–Crippen MR) is 129 cm³/mol. The summed E-state index contributed by atoms with van der Waals surface area (Å²) in [6.07, 6.45) is 0.185. The Bertz CT molecular complexity index is 600. The number of hydrogen-bond donors (Lipinski definition) is 2. The molecule has 0 spiro atoms. The summed E-state index contributed by atoms with van der Waals surface area (Å²) in [5.74, 6) is 0.788. The molecule has 2 atom stereocenters.